The van der Waals surface area contributed by atoms with E-state index >= 15 is 0 Å². The highest BCUT2D eigenvalue weighted by Crippen LogP contribution is 2.02. The molecule has 0 aliphatic rings. The van der Waals surface area contributed by atoms with E-state index < -0.39 is 12.0 Å². The first-order chi connectivity index (χ1) is 10.8. The zero-order chi connectivity index (χ0) is 17.7. The molecular weight excluding hydrogens is 294 g/mol. The molecule has 0 saturated heterocycles. The van der Waals surface area contributed by atoms with E-state index in [1.54, 1.807) is 0 Å². The van der Waals surface area contributed by atoms with Crippen molar-refractivity contribution in [1.82, 2.24) is 10.6 Å². The van der Waals surface area contributed by atoms with Crippen LogP contribution in [-0.2, 0) is 9.59 Å². The summed E-state index contributed by atoms with van der Waals surface area (Å²) in [7, 11) is 6.25. The van der Waals surface area contributed by atoms with Crippen LogP contribution in [0.1, 0.15) is 51.9 Å². The number of hydrogen-bond acceptors (Lipinski definition) is 3. The average molecular weight is 330 g/mol. The molecule has 0 rings (SSSR count). The standard InChI is InChI=1S/C17H35N3O3/c1-5-6-7-11-16(21)19-12-9-8-10-15(17(22)23)18-13-14-20(2,3)4/h15,18H,5-14H2,1-4H3,(H-,19,21,22,23)/p+1/t15-/m0/s1. The number of carboxylic acid groups (broad SMARTS) is 1. The van der Waals surface area contributed by atoms with Crippen LogP contribution in [0.5, 0.6) is 0 Å². The maximum absolute atomic E-state index is 11.5. The van der Waals surface area contributed by atoms with E-state index in [0.717, 1.165) is 43.1 Å². The van der Waals surface area contributed by atoms with Crippen molar-refractivity contribution in [1.29, 1.82) is 0 Å². The topological polar surface area (TPSA) is 78.4 Å². The molecule has 136 valence electrons. The summed E-state index contributed by atoms with van der Waals surface area (Å²) in [6.07, 6.45) is 5.96. The molecule has 0 aromatic heterocycles. The highest BCUT2D eigenvalue weighted by molar-refractivity contribution is 5.75. The minimum absolute atomic E-state index is 0.106. The quantitative estimate of drug-likeness (QED) is 0.334. The fraction of sp³-hybridized carbons (Fsp3) is 0.882. The van der Waals surface area contributed by atoms with E-state index in [4.69, 9.17) is 0 Å². The SMILES string of the molecule is CCCCCC(=O)NCCCC[C@H](NCC[N+](C)(C)C)C(=O)O. The fourth-order valence-electron chi connectivity index (χ4n) is 2.21. The Labute approximate surface area is 141 Å². The van der Waals surface area contributed by atoms with Gasteiger partial charge in [-0.25, -0.2) is 0 Å². The summed E-state index contributed by atoms with van der Waals surface area (Å²) in [4.78, 5) is 22.8. The van der Waals surface area contributed by atoms with Gasteiger partial charge in [0.25, 0.3) is 0 Å². The number of likely N-dealkylation sites (N-methyl/N-ethyl adjacent to an activating group) is 1. The van der Waals surface area contributed by atoms with Gasteiger partial charge in [-0.2, -0.15) is 0 Å². The summed E-state index contributed by atoms with van der Waals surface area (Å²) in [5.41, 5.74) is 0. The maximum Gasteiger partial charge on any atom is 0.320 e. The average Bonchev–Trinajstić information content (AvgIpc) is 2.43. The summed E-state index contributed by atoms with van der Waals surface area (Å²) >= 11 is 0. The predicted octanol–water partition coefficient (Wildman–Crippen LogP) is 1.60. The van der Waals surface area contributed by atoms with Gasteiger partial charge in [-0.1, -0.05) is 19.8 Å². The number of nitrogens with one attached hydrogen (secondary N) is 2. The Bertz CT molecular complexity index is 340. The lowest BCUT2D eigenvalue weighted by Gasteiger charge is -2.25. The fourth-order valence-corrected chi connectivity index (χ4v) is 2.21. The van der Waals surface area contributed by atoms with E-state index in [2.05, 4.69) is 38.7 Å². The number of nitrogens with zero attached hydrogens (tertiary/aromatic N) is 1. The first-order valence-corrected chi connectivity index (χ1v) is 8.79. The third-order valence-corrected chi connectivity index (χ3v) is 3.72. The molecule has 0 heterocycles. The third kappa shape index (κ3) is 14.2. The van der Waals surface area contributed by atoms with E-state index in [0.29, 0.717) is 25.9 Å². The van der Waals surface area contributed by atoms with E-state index in [-0.39, 0.29) is 5.91 Å². The van der Waals surface area contributed by atoms with Crippen LogP contribution < -0.4 is 10.6 Å². The first-order valence-electron chi connectivity index (χ1n) is 8.79. The second-order valence-corrected chi connectivity index (χ2v) is 7.16. The minimum Gasteiger partial charge on any atom is -0.480 e. The Morgan fingerprint density at radius 2 is 1.74 bits per heavy atom. The van der Waals surface area contributed by atoms with Crippen LogP contribution in [0.15, 0.2) is 0 Å². The van der Waals surface area contributed by atoms with Crippen molar-refractivity contribution in [3.05, 3.63) is 0 Å². The van der Waals surface area contributed by atoms with Gasteiger partial charge in [0.05, 0.1) is 27.7 Å². The van der Waals surface area contributed by atoms with Gasteiger partial charge < -0.3 is 14.9 Å². The molecule has 1 atom stereocenters. The summed E-state index contributed by atoms with van der Waals surface area (Å²) in [5.74, 6) is -0.690. The molecule has 0 radical (unpaired) electrons. The smallest absolute Gasteiger partial charge is 0.320 e. The predicted molar refractivity (Wildman–Crippen MR) is 93.3 cm³/mol. The van der Waals surface area contributed by atoms with Crippen molar-refractivity contribution in [2.75, 3.05) is 40.8 Å². The van der Waals surface area contributed by atoms with Crippen LogP contribution in [0, 0.1) is 0 Å². The summed E-state index contributed by atoms with van der Waals surface area (Å²) in [6.45, 7) is 4.33. The molecule has 1 amide bonds. The third-order valence-electron chi connectivity index (χ3n) is 3.72. The number of amides is 1. The van der Waals surface area contributed by atoms with Crippen molar-refractivity contribution < 1.29 is 19.2 Å². The van der Waals surface area contributed by atoms with Crippen LogP contribution >= 0.6 is 0 Å². The van der Waals surface area contributed by atoms with E-state index in [1.807, 2.05) is 0 Å². The number of rotatable bonds is 14. The van der Waals surface area contributed by atoms with E-state index in [1.165, 1.54) is 0 Å². The number of carbonyl (C=O) groups is 2. The molecule has 0 saturated carbocycles. The van der Waals surface area contributed by atoms with Crippen molar-refractivity contribution >= 4 is 11.9 Å². The van der Waals surface area contributed by atoms with Crippen molar-refractivity contribution in [3.8, 4) is 0 Å². The summed E-state index contributed by atoms with van der Waals surface area (Å²) in [5, 5.41) is 15.2. The molecule has 0 aliphatic carbocycles. The monoisotopic (exact) mass is 330 g/mol. The van der Waals surface area contributed by atoms with E-state index in [9.17, 15) is 14.7 Å². The maximum atomic E-state index is 11.5. The molecule has 0 aliphatic heterocycles. The molecule has 3 N–H and O–H groups in total. The number of carbonyl (C=O) groups excluding carboxylic acids is 1. The van der Waals surface area contributed by atoms with Crippen LogP contribution in [0.3, 0.4) is 0 Å². The van der Waals surface area contributed by atoms with Crippen LogP contribution in [-0.4, -0.2) is 68.3 Å². The Kier molecular flexibility index (Phi) is 11.7. The van der Waals surface area contributed by atoms with Crippen LogP contribution in [0.25, 0.3) is 0 Å². The van der Waals surface area contributed by atoms with Crippen molar-refractivity contribution in [2.45, 2.75) is 57.9 Å². The number of carboxylic acids is 1. The second-order valence-electron chi connectivity index (χ2n) is 7.16. The van der Waals surface area contributed by atoms with Gasteiger partial charge in [0, 0.05) is 19.5 Å². The lowest BCUT2D eigenvalue weighted by molar-refractivity contribution is -0.869. The molecule has 0 fully saturated rings. The van der Waals surface area contributed by atoms with Gasteiger partial charge in [-0.05, 0) is 25.7 Å². The molecule has 0 spiro atoms. The first kappa shape index (κ1) is 21.9. The molecule has 23 heavy (non-hydrogen) atoms. The Balaban J connectivity index is 3.76. The lowest BCUT2D eigenvalue weighted by Crippen LogP contribution is -2.45. The highest BCUT2D eigenvalue weighted by Gasteiger charge is 2.17. The molecule has 6 heteroatoms. The number of hydrogen-bond donors (Lipinski definition) is 3. The molecule has 0 aromatic carbocycles. The zero-order valence-electron chi connectivity index (χ0n) is 15.4. The van der Waals surface area contributed by atoms with Gasteiger partial charge >= 0.3 is 5.97 Å². The second kappa shape index (κ2) is 12.3. The van der Waals surface area contributed by atoms with Gasteiger partial charge in [0.2, 0.25) is 5.91 Å². The number of aliphatic carboxylic acids is 1. The number of unbranched alkanes of at least 4 members (excludes halogenated alkanes) is 3. The van der Waals surface area contributed by atoms with Gasteiger partial charge in [0.1, 0.15) is 6.04 Å². The van der Waals surface area contributed by atoms with Crippen LogP contribution in [0.4, 0.5) is 0 Å². The molecule has 0 bridgehead atoms. The Morgan fingerprint density at radius 1 is 1.04 bits per heavy atom. The van der Waals surface area contributed by atoms with Gasteiger partial charge in [-0.3, -0.25) is 14.9 Å². The normalized spacial score (nSPS) is 12.9. The highest BCUT2D eigenvalue weighted by atomic mass is 16.4. The molecule has 6 nitrogen and oxygen atoms in total. The Morgan fingerprint density at radius 3 is 2.30 bits per heavy atom. The van der Waals surface area contributed by atoms with Crippen LogP contribution in [0.2, 0.25) is 0 Å². The van der Waals surface area contributed by atoms with Gasteiger partial charge in [-0.15, -0.1) is 0 Å². The Hall–Kier alpha value is -1.14. The zero-order valence-corrected chi connectivity index (χ0v) is 15.4. The molecule has 0 aromatic rings. The minimum atomic E-state index is -0.796. The molecular formula is C17H36N3O3+. The largest absolute Gasteiger partial charge is 0.480 e. The van der Waals surface area contributed by atoms with Crippen molar-refractivity contribution in [2.24, 2.45) is 0 Å². The van der Waals surface area contributed by atoms with Crippen molar-refractivity contribution in [3.63, 3.8) is 0 Å². The number of quaternary nitrogens is 1. The molecule has 0 unspecified atom stereocenters. The summed E-state index contributed by atoms with van der Waals surface area (Å²) < 4.78 is 0.809. The van der Waals surface area contributed by atoms with Gasteiger partial charge in [0.15, 0.2) is 0 Å². The summed E-state index contributed by atoms with van der Waals surface area (Å²) in [6, 6.07) is -0.498. The lowest BCUT2D eigenvalue weighted by atomic mass is 10.1.